The van der Waals surface area contributed by atoms with E-state index in [0.29, 0.717) is 0 Å². The highest BCUT2D eigenvalue weighted by molar-refractivity contribution is 6.33. The molecule has 27 heavy (non-hydrogen) atoms. The van der Waals surface area contributed by atoms with E-state index >= 15 is 0 Å². The van der Waals surface area contributed by atoms with Crippen LogP contribution in [0.15, 0.2) is 4.79 Å². The zero-order valence-corrected chi connectivity index (χ0v) is 14.1. The minimum atomic E-state index is -4.96. The fourth-order valence-corrected chi connectivity index (χ4v) is 3.22. The van der Waals surface area contributed by atoms with Crippen LogP contribution in [0.2, 0.25) is 5.15 Å². The molecule has 146 valence electrons. The molecule has 1 aliphatic rings. The summed E-state index contributed by atoms with van der Waals surface area (Å²) < 4.78 is 45.2. The number of hydrogen-bond donors (Lipinski definition) is 3. The number of ether oxygens (including phenoxy) is 1. The number of halogens is 4. The van der Waals surface area contributed by atoms with E-state index in [1.54, 1.807) is 0 Å². The van der Waals surface area contributed by atoms with Crippen molar-refractivity contribution in [3.05, 3.63) is 15.6 Å². The number of aliphatic hydroxyl groups excluding tert-OH is 2. The lowest BCUT2D eigenvalue weighted by Gasteiger charge is -2.21. The van der Waals surface area contributed by atoms with Gasteiger partial charge in [-0.05, 0) is 0 Å². The van der Waals surface area contributed by atoms with Crippen molar-refractivity contribution >= 4 is 28.7 Å². The van der Waals surface area contributed by atoms with Gasteiger partial charge in [0.15, 0.2) is 23.1 Å². The highest BCUT2D eigenvalue weighted by atomic mass is 35.5. The number of alkyl halides is 3. The standard InChI is InChI=1S/C14H13ClF3N5O4/c1-2-3-22-7-9(15)20-12(19)21-10(7)23(13(22)26)11-5(24)4-6(27-11)8(25)14(16,17)18/h1,5-6,8,11,24-25H,3-4H2,(H2,19,20,21)/t5-,6+,8?,11-/m1/s1. The maximum Gasteiger partial charge on any atom is 0.416 e. The van der Waals surface area contributed by atoms with Crippen LogP contribution in [0.1, 0.15) is 12.6 Å². The molecule has 0 radical (unpaired) electrons. The Morgan fingerprint density at radius 2 is 2.15 bits per heavy atom. The molecule has 0 aromatic carbocycles. The zero-order chi connectivity index (χ0) is 20.1. The summed E-state index contributed by atoms with van der Waals surface area (Å²) >= 11 is 6.01. The van der Waals surface area contributed by atoms with E-state index in [4.69, 9.17) is 28.5 Å². The molecule has 9 nitrogen and oxygen atoms in total. The number of nitrogen functional groups attached to an aromatic ring is 1. The Kier molecular flexibility index (Phi) is 4.81. The number of imidazole rings is 1. The monoisotopic (exact) mass is 407 g/mol. The van der Waals surface area contributed by atoms with Gasteiger partial charge in [-0.15, -0.1) is 6.42 Å². The van der Waals surface area contributed by atoms with E-state index < -0.39 is 42.8 Å². The summed E-state index contributed by atoms with van der Waals surface area (Å²) in [4.78, 5) is 20.3. The molecular formula is C14H13ClF3N5O4. The van der Waals surface area contributed by atoms with E-state index in [1.165, 1.54) is 0 Å². The van der Waals surface area contributed by atoms with Gasteiger partial charge >= 0.3 is 11.9 Å². The maximum absolute atomic E-state index is 12.7. The Hall–Kier alpha value is -2.33. The molecule has 3 rings (SSSR count). The van der Waals surface area contributed by atoms with Crippen molar-refractivity contribution in [2.75, 3.05) is 5.73 Å². The van der Waals surface area contributed by atoms with Crippen LogP contribution < -0.4 is 11.4 Å². The number of aromatic nitrogens is 4. The van der Waals surface area contributed by atoms with Gasteiger partial charge in [0.05, 0.1) is 12.6 Å². The number of rotatable bonds is 3. The third kappa shape index (κ3) is 3.23. The number of aliphatic hydroxyl groups is 2. The lowest BCUT2D eigenvalue weighted by molar-refractivity contribution is -0.237. The first-order valence-electron chi connectivity index (χ1n) is 7.51. The third-order valence-corrected chi connectivity index (χ3v) is 4.35. The van der Waals surface area contributed by atoms with Crippen LogP contribution in [-0.2, 0) is 11.3 Å². The molecule has 1 fully saturated rings. The third-order valence-electron chi connectivity index (χ3n) is 4.08. The van der Waals surface area contributed by atoms with E-state index in [1.807, 2.05) is 0 Å². The molecule has 3 heterocycles. The van der Waals surface area contributed by atoms with E-state index in [0.717, 1.165) is 9.13 Å². The summed E-state index contributed by atoms with van der Waals surface area (Å²) in [7, 11) is 0. The normalized spacial score (nSPS) is 24.3. The second kappa shape index (κ2) is 6.68. The maximum atomic E-state index is 12.7. The van der Waals surface area contributed by atoms with Gasteiger partial charge < -0.3 is 20.7 Å². The zero-order valence-electron chi connectivity index (χ0n) is 13.4. The highest BCUT2D eigenvalue weighted by Gasteiger charge is 2.50. The molecule has 4 atom stereocenters. The van der Waals surface area contributed by atoms with E-state index in [2.05, 4.69) is 15.9 Å². The van der Waals surface area contributed by atoms with Crippen molar-refractivity contribution in [2.45, 2.75) is 43.7 Å². The minimum absolute atomic E-state index is 0.00978. The first-order valence-corrected chi connectivity index (χ1v) is 7.89. The van der Waals surface area contributed by atoms with Gasteiger partial charge in [0.1, 0.15) is 11.6 Å². The molecule has 0 spiro atoms. The summed E-state index contributed by atoms with van der Waals surface area (Å²) in [6.07, 6.45) is -8.01. The second-order valence-electron chi connectivity index (χ2n) is 5.84. The average Bonchev–Trinajstić information content (AvgIpc) is 3.04. The molecule has 4 N–H and O–H groups in total. The minimum Gasteiger partial charge on any atom is -0.388 e. The van der Waals surface area contributed by atoms with Gasteiger partial charge in [-0.3, -0.25) is 4.57 Å². The first kappa shape index (κ1) is 19.4. The molecule has 0 bridgehead atoms. The largest absolute Gasteiger partial charge is 0.416 e. The Bertz CT molecular complexity index is 982. The quantitative estimate of drug-likeness (QED) is 0.483. The summed E-state index contributed by atoms with van der Waals surface area (Å²) in [5.74, 6) is 1.93. The molecule has 2 aromatic heterocycles. The molecule has 13 heteroatoms. The van der Waals surface area contributed by atoms with Crippen LogP contribution in [0.4, 0.5) is 19.1 Å². The molecule has 0 saturated carbocycles. The smallest absolute Gasteiger partial charge is 0.388 e. The molecule has 1 aliphatic heterocycles. The molecule has 1 unspecified atom stereocenters. The van der Waals surface area contributed by atoms with E-state index in [-0.39, 0.29) is 28.8 Å². The van der Waals surface area contributed by atoms with E-state index in [9.17, 15) is 28.2 Å². The summed E-state index contributed by atoms with van der Waals surface area (Å²) in [6.45, 7) is -0.243. The van der Waals surface area contributed by atoms with Gasteiger partial charge in [-0.1, -0.05) is 17.5 Å². The number of hydrogen-bond acceptors (Lipinski definition) is 7. The Morgan fingerprint density at radius 1 is 1.48 bits per heavy atom. The Morgan fingerprint density at radius 3 is 2.74 bits per heavy atom. The molecule has 0 aliphatic carbocycles. The fraction of sp³-hybridized carbons (Fsp3) is 0.500. The van der Waals surface area contributed by atoms with Crippen LogP contribution in [0, 0.1) is 12.3 Å². The van der Waals surface area contributed by atoms with Crippen molar-refractivity contribution < 1.29 is 28.1 Å². The topological polar surface area (TPSA) is 128 Å². The number of terminal acetylenes is 1. The number of anilines is 1. The van der Waals surface area contributed by atoms with Crippen LogP contribution in [0.5, 0.6) is 0 Å². The van der Waals surface area contributed by atoms with Crippen molar-refractivity contribution in [1.82, 2.24) is 19.1 Å². The number of fused-ring (bicyclic) bond motifs is 1. The van der Waals surface area contributed by atoms with Crippen LogP contribution in [-0.4, -0.2) is 53.8 Å². The number of nitrogens with two attached hydrogens (primary N) is 1. The van der Waals surface area contributed by atoms with Crippen LogP contribution >= 0.6 is 11.6 Å². The Labute approximate surface area is 154 Å². The Balaban J connectivity index is 2.14. The second-order valence-corrected chi connectivity index (χ2v) is 6.20. The van der Waals surface area contributed by atoms with Gasteiger partial charge in [0.25, 0.3) is 0 Å². The SMILES string of the molecule is C#CCn1c(=O)n([C@@H]2O[C@H](C(O)C(F)(F)F)C[C@H]2O)c2nc(N)nc(Cl)c21. The van der Waals surface area contributed by atoms with Crippen molar-refractivity contribution in [3.63, 3.8) is 0 Å². The lowest BCUT2D eigenvalue weighted by atomic mass is 10.1. The average molecular weight is 408 g/mol. The number of nitrogens with zero attached hydrogens (tertiary/aromatic N) is 4. The molecular weight excluding hydrogens is 395 g/mol. The summed E-state index contributed by atoms with van der Waals surface area (Å²) in [5, 5.41) is 19.3. The molecule has 2 aromatic rings. The van der Waals surface area contributed by atoms with Crippen LogP contribution in [0.3, 0.4) is 0 Å². The van der Waals surface area contributed by atoms with Gasteiger partial charge in [0, 0.05) is 6.42 Å². The highest BCUT2D eigenvalue weighted by Crippen LogP contribution is 2.36. The van der Waals surface area contributed by atoms with Crippen molar-refractivity contribution in [1.29, 1.82) is 0 Å². The summed E-state index contributed by atoms with van der Waals surface area (Å²) in [5.41, 5.74) is 4.51. The molecule has 1 saturated heterocycles. The summed E-state index contributed by atoms with van der Waals surface area (Å²) in [6, 6.07) is 0. The van der Waals surface area contributed by atoms with Gasteiger partial charge in [0.2, 0.25) is 5.95 Å². The lowest BCUT2D eigenvalue weighted by Crippen LogP contribution is -2.39. The first-order chi connectivity index (χ1) is 12.6. The molecule has 0 amide bonds. The fourth-order valence-electron chi connectivity index (χ4n) is 2.94. The van der Waals surface area contributed by atoms with Crippen molar-refractivity contribution in [3.8, 4) is 12.3 Å². The van der Waals surface area contributed by atoms with Crippen molar-refractivity contribution in [2.24, 2.45) is 0 Å². The predicted octanol–water partition coefficient (Wildman–Crippen LogP) is 0.0334. The van der Waals surface area contributed by atoms with Crippen LogP contribution in [0.25, 0.3) is 11.2 Å². The van der Waals surface area contributed by atoms with Gasteiger partial charge in [-0.25, -0.2) is 9.36 Å². The van der Waals surface area contributed by atoms with Gasteiger partial charge in [-0.2, -0.15) is 23.1 Å². The predicted molar refractivity (Wildman–Crippen MR) is 86.6 cm³/mol.